The molecule has 1 unspecified atom stereocenters. The highest BCUT2D eigenvalue weighted by Gasteiger charge is 2.33. The number of amides is 1. The van der Waals surface area contributed by atoms with Crippen molar-refractivity contribution >= 4 is 39.7 Å². The monoisotopic (exact) mass is 399 g/mol. The van der Waals surface area contributed by atoms with Crippen LogP contribution in [0.1, 0.15) is 40.3 Å². The van der Waals surface area contributed by atoms with Crippen molar-refractivity contribution < 1.29 is 14.3 Å². The number of aromatic nitrogens is 2. The number of fused-ring (bicyclic) bond motifs is 1. The minimum absolute atomic E-state index is 0.244. The Bertz CT molecular complexity index is 981. The number of ether oxygens (including phenoxy) is 1. The van der Waals surface area contributed by atoms with E-state index in [2.05, 4.69) is 15.3 Å². The summed E-state index contributed by atoms with van der Waals surface area (Å²) < 4.78 is 5.12. The fraction of sp³-hybridized carbons (Fsp3) is 0.263. The van der Waals surface area contributed by atoms with Gasteiger partial charge in [0.1, 0.15) is 16.6 Å². The molecule has 0 saturated heterocycles. The van der Waals surface area contributed by atoms with Gasteiger partial charge < -0.3 is 4.74 Å². The van der Waals surface area contributed by atoms with E-state index < -0.39 is 0 Å². The van der Waals surface area contributed by atoms with Gasteiger partial charge in [0.2, 0.25) is 0 Å². The van der Waals surface area contributed by atoms with E-state index in [0.717, 1.165) is 27.6 Å². The van der Waals surface area contributed by atoms with E-state index >= 15 is 0 Å². The van der Waals surface area contributed by atoms with Gasteiger partial charge in [-0.25, -0.2) is 9.97 Å². The zero-order valence-electron chi connectivity index (χ0n) is 14.6. The van der Waals surface area contributed by atoms with Gasteiger partial charge >= 0.3 is 5.97 Å². The van der Waals surface area contributed by atoms with Crippen LogP contribution >= 0.6 is 22.7 Å². The van der Waals surface area contributed by atoms with Gasteiger partial charge in [-0.05, 0) is 19.8 Å². The molecule has 0 radical (unpaired) electrons. The van der Waals surface area contributed by atoms with Crippen LogP contribution in [-0.2, 0) is 16.0 Å². The van der Waals surface area contributed by atoms with Crippen LogP contribution < -0.4 is 5.32 Å². The van der Waals surface area contributed by atoms with E-state index in [0.29, 0.717) is 23.9 Å². The Hall–Kier alpha value is -2.58. The van der Waals surface area contributed by atoms with E-state index in [9.17, 15) is 9.59 Å². The molecule has 0 fully saturated rings. The molecule has 1 atom stereocenters. The van der Waals surface area contributed by atoms with E-state index in [1.165, 1.54) is 22.7 Å². The second-order valence-electron chi connectivity index (χ2n) is 6.03. The molecular weight excluding hydrogens is 382 g/mol. The number of nitrogens with one attached hydrogen (secondary N) is 1. The normalized spacial score (nSPS) is 15.4. The van der Waals surface area contributed by atoms with Crippen LogP contribution in [0.5, 0.6) is 0 Å². The lowest BCUT2D eigenvalue weighted by atomic mass is 10.1. The minimum Gasteiger partial charge on any atom is -0.465 e. The maximum absolute atomic E-state index is 12.5. The molecule has 0 bridgehead atoms. The number of thiazole rings is 2. The van der Waals surface area contributed by atoms with Crippen molar-refractivity contribution in [3.8, 4) is 10.6 Å². The van der Waals surface area contributed by atoms with Crippen LogP contribution in [0.4, 0.5) is 5.13 Å². The quantitative estimate of drug-likeness (QED) is 0.653. The molecule has 1 aliphatic carbocycles. The van der Waals surface area contributed by atoms with Crippen molar-refractivity contribution in [3.05, 3.63) is 52.0 Å². The number of aryl methyl sites for hydroxylation is 1. The summed E-state index contributed by atoms with van der Waals surface area (Å²) >= 11 is 2.84. The zero-order chi connectivity index (χ0) is 18.8. The Morgan fingerprint density at radius 3 is 2.85 bits per heavy atom. The Balaban J connectivity index is 1.48. The summed E-state index contributed by atoms with van der Waals surface area (Å²) in [6, 6.07) is 9.74. The first-order valence-corrected chi connectivity index (χ1v) is 10.3. The third-order valence-corrected chi connectivity index (χ3v) is 6.20. The van der Waals surface area contributed by atoms with Crippen LogP contribution in [0.15, 0.2) is 35.7 Å². The molecular formula is C19H17N3O3S2. The van der Waals surface area contributed by atoms with Crippen molar-refractivity contribution in [2.45, 2.75) is 25.7 Å². The Kier molecular flexibility index (Phi) is 5.00. The van der Waals surface area contributed by atoms with Crippen LogP contribution in [0.2, 0.25) is 0 Å². The van der Waals surface area contributed by atoms with Gasteiger partial charge in [-0.3, -0.25) is 14.9 Å². The summed E-state index contributed by atoms with van der Waals surface area (Å²) in [6.45, 7) is 2.14. The summed E-state index contributed by atoms with van der Waals surface area (Å²) in [6.07, 6.45) is 1.49. The lowest BCUT2D eigenvalue weighted by Crippen LogP contribution is -2.15. The molecule has 138 valence electrons. The number of carbonyl (C=O) groups excluding carboxylic acids is 2. The van der Waals surface area contributed by atoms with E-state index in [4.69, 9.17) is 4.74 Å². The zero-order valence-corrected chi connectivity index (χ0v) is 16.2. The van der Waals surface area contributed by atoms with Gasteiger partial charge in [-0.1, -0.05) is 30.3 Å². The van der Waals surface area contributed by atoms with Crippen molar-refractivity contribution in [2.24, 2.45) is 0 Å². The first-order chi connectivity index (χ1) is 13.2. The summed E-state index contributed by atoms with van der Waals surface area (Å²) in [4.78, 5) is 34.5. The number of nitrogens with zero attached hydrogens (tertiary/aromatic N) is 2. The van der Waals surface area contributed by atoms with Gasteiger partial charge in [-0.15, -0.1) is 22.7 Å². The van der Waals surface area contributed by atoms with Gasteiger partial charge in [0.15, 0.2) is 5.13 Å². The lowest BCUT2D eigenvalue weighted by Gasteiger charge is -2.07. The number of esters is 1. The smallest absolute Gasteiger partial charge is 0.315 e. The molecule has 1 aliphatic rings. The predicted molar refractivity (Wildman–Crippen MR) is 105 cm³/mol. The van der Waals surface area contributed by atoms with Crippen molar-refractivity contribution in [1.82, 2.24) is 9.97 Å². The maximum atomic E-state index is 12.5. The second kappa shape index (κ2) is 7.58. The van der Waals surface area contributed by atoms with Crippen LogP contribution in [0.25, 0.3) is 10.6 Å². The summed E-state index contributed by atoms with van der Waals surface area (Å²) in [5, 5.41) is 5.83. The average Bonchev–Trinajstić information content (AvgIpc) is 3.38. The topological polar surface area (TPSA) is 81.2 Å². The summed E-state index contributed by atoms with van der Waals surface area (Å²) in [5.41, 5.74) is 2.07. The number of rotatable bonds is 5. The first-order valence-electron chi connectivity index (χ1n) is 8.64. The van der Waals surface area contributed by atoms with Crippen LogP contribution in [-0.4, -0.2) is 28.5 Å². The molecule has 27 heavy (non-hydrogen) atoms. The number of carbonyl (C=O) groups is 2. The number of hydrogen-bond acceptors (Lipinski definition) is 7. The number of benzene rings is 1. The molecule has 1 amide bonds. The van der Waals surface area contributed by atoms with Gasteiger partial charge in [0.25, 0.3) is 5.91 Å². The van der Waals surface area contributed by atoms with Crippen molar-refractivity contribution in [1.29, 1.82) is 0 Å². The fourth-order valence-corrected chi connectivity index (χ4v) is 4.85. The lowest BCUT2D eigenvalue weighted by molar-refractivity contribution is -0.145. The Morgan fingerprint density at radius 2 is 2.07 bits per heavy atom. The van der Waals surface area contributed by atoms with E-state index in [1.54, 1.807) is 12.3 Å². The average molecular weight is 399 g/mol. The standard InChI is InChI=1S/C19H17N3O3S2/c1-2-25-18(24)12-8-9-14-15(12)21-19(27-14)22-16(23)13-10-26-17(20-13)11-6-4-3-5-7-11/h3-7,10,12H,2,8-9H2,1H3,(H,21,22,23). The first kappa shape index (κ1) is 17.8. The summed E-state index contributed by atoms with van der Waals surface area (Å²) in [5.74, 6) is -0.870. The molecule has 2 aromatic heterocycles. The molecule has 8 heteroatoms. The molecule has 6 nitrogen and oxygen atoms in total. The fourth-order valence-electron chi connectivity index (χ4n) is 3.01. The van der Waals surface area contributed by atoms with E-state index in [1.807, 2.05) is 30.3 Å². The molecule has 1 N–H and O–H groups in total. The Morgan fingerprint density at radius 1 is 1.26 bits per heavy atom. The molecule has 4 rings (SSSR count). The highest BCUT2D eigenvalue weighted by molar-refractivity contribution is 7.16. The predicted octanol–water partition coefficient (Wildman–Crippen LogP) is 4.11. The second-order valence-corrected chi connectivity index (χ2v) is 7.97. The maximum Gasteiger partial charge on any atom is 0.315 e. The third-order valence-electron chi connectivity index (χ3n) is 4.27. The van der Waals surface area contributed by atoms with Gasteiger partial charge in [0, 0.05) is 15.8 Å². The number of anilines is 1. The molecule has 1 aromatic carbocycles. The van der Waals surface area contributed by atoms with Crippen molar-refractivity contribution in [3.63, 3.8) is 0 Å². The molecule has 3 aromatic rings. The van der Waals surface area contributed by atoms with Gasteiger partial charge in [-0.2, -0.15) is 0 Å². The SMILES string of the molecule is CCOC(=O)C1CCc2sc(NC(=O)c3csc(-c4ccccc4)n3)nc21. The highest BCUT2D eigenvalue weighted by atomic mass is 32.1. The van der Waals surface area contributed by atoms with Crippen LogP contribution in [0.3, 0.4) is 0 Å². The van der Waals surface area contributed by atoms with Gasteiger partial charge in [0.05, 0.1) is 12.3 Å². The number of hydrogen-bond donors (Lipinski definition) is 1. The van der Waals surface area contributed by atoms with E-state index in [-0.39, 0.29) is 17.8 Å². The van der Waals surface area contributed by atoms with Crippen LogP contribution in [0, 0.1) is 0 Å². The third kappa shape index (κ3) is 3.63. The molecule has 2 heterocycles. The van der Waals surface area contributed by atoms with Crippen molar-refractivity contribution in [2.75, 3.05) is 11.9 Å². The largest absolute Gasteiger partial charge is 0.465 e. The molecule has 0 aliphatic heterocycles. The Labute approximate surface area is 164 Å². The molecule has 0 saturated carbocycles. The minimum atomic E-state index is -0.328. The summed E-state index contributed by atoms with van der Waals surface area (Å²) in [7, 11) is 0. The highest BCUT2D eigenvalue weighted by Crippen LogP contribution is 2.39. The molecule has 0 spiro atoms.